The zero-order valence-electron chi connectivity index (χ0n) is 52.1. The molecule has 0 amide bonds. The minimum atomic E-state index is -2.07. The van der Waals surface area contributed by atoms with Crippen molar-refractivity contribution in [1.82, 2.24) is 0 Å². The van der Waals surface area contributed by atoms with Gasteiger partial charge in [0.05, 0.1) is 0 Å². The normalized spacial score (nSPS) is 19.5. The summed E-state index contributed by atoms with van der Waals surface area (Å²) in [5.41, 5.74) is -0.697. The topological polar surface area (TPSA) is 139 Å². The van der Waals surface area contributed by atoms with Crippen LogP contribution in [0, 0.1) is 0 Å². The van der Waals surface area contributed by atoms with Gasteiger partial charge in [0.2, 0.25) is 11.8 Å². The van der Waals surface area contributed by atoms with Gasteiger partial charge in [-0.25, -0.2) is 0 Å². The molecule has 0 bridgehead atoms. The molecule has 16 aromatic rings. The standard InChI is InChI=1S/2C43H27NO5/c2*45-37-33-23-11-7-19-29(33)30-20-8-12-24-34(30)38(37)47-43-42(28-17-5-2-6-18-28,44-41(49-43)27-15-3-1-4-16-27)46-39-35-25-13-9-21-31(35)32-22-10-14-26-36(32)40(39)48-43/h2*1-26,45H/t2*42-,43+/m10/s1. The fraction of sp³-hybridized carbons (Fsp3) is 0.0465. The van der Waals surface area contributed by atoms with E-state index in [9.17, 15) is 10.2 Å². The number of benzene rings is 16. The van der Waals surface area contributed by atoms with Gasteiger partial charge in [0.15, 0.2) is 46.0 Å². The van der Waals surface area contributed by atoms with Gasteiger partial charge in [-0.3, -0.25) is 0 Å². The summed E-state index contributed by atoms with van der Waals surface area (Å²) in [7, 11) is 0. The lowest BCUT2D eigenvalue weighted by atomic mass is 9.95. The van der Waals surface area contributed by atoms with Gasteiger partial charge in [0.25, 0.3) is 0 Å². The maximum atomic E-state index is 12.0. The molecule has 12 heteroatoms. The number of ether oxygens (including phenoxy) is 8. The Balaban J connectivity index is 0.000000137. The van der Waals surface area contributed by atoms with Crippen LogP contribution >= 0.6 is 0 Å². The molecule has 4 aliphatic rings. The molecule has 2 N–H and O–H groups in total. The van der Waals surface area contributed by atoms with Crippen LogP contribution in [0.2, 0.25) is 0 Å². The second kappa shape index (κ2) is 21.7. The van der Waals surface area contributed by atoms with Gasteiger partial charge in [-0.2, -0.15) is 9.98 Å². The van der Waals surface area contributed by atoms with Crippen molar-refractivity contribution in [3.05, 3.63) is 338 Å². The highest BCUT2D eigenvalue weighted by atomic mass is 16.9. The summed E-state index contributed by atoms with van der Waals surface area (Å²) in [6, 6.07) is 102. The quantitative estimate of drug-likeness (QED) is 0.141. The van der Waals surface area contributed by atoms with Gasteiger partial charge in [-0.1, -0.05) is 291 Å². The summed E-state index contributed by atoms with van der Waals surface area (Å²) in [5, 5.41) is 37.7. The van der Waals surface area contributed by atoms with Crippen LogP contribution in [0.1, 0.15) is 22.3 Å². The van der Waals surface area contributed by atoms with E-state index >= 15 is 0 Å². The summed E-state index contributed by atoms with van der Waals surface area (Å²) < 4.78 is 57.0. The third kappa shape index (κ3) is 8.31. The molecule has 4 aliphatic heterocycles. The third-order valence-electron chi connectivity index (χ3n) is 19.0. The Kier molecular flexibility index (Phi) is 12.5. The van der Waals surface area contributed by atoms with E-state index in [1.807, 2.05) is 291 Å². The van der Waals surface area contributed by atoms with E-state index in [0.29, 0.717) is 66.8 Å². The Morgan fingerprint density at radius 3 is 0.755 bits per heavy atom. The lowest BCUT2D eigenvalue weighted by Crippen LogP contribution is -2.62. The molecule has 468 valence electrons. The fourth-order valence-electron chi connectivity index (χ4n) is 14.5. The van der Waals surface area contributed by atoms with Crippen molar-refractivity contribution >= 4 is 98.0 Å². The molecule has 0 saturated heterocycles. The van der Waals surface area contributed by atoms with Crippen molar-refractivity contribution in [3.8, 4) is 46.0 Å². The van der Waals surface area contributed by atoms with Crippen LogP contribution in [0.4, 0.5) is 0 Å². The van der Waals surface area contributed by atoms with Gasteiger partial charge >= 0.3 is 23.4 Å². The summed E-state index contributed by atoms with van der Waals surface area (Å²) in [5.74, 6) is -1.34. The minimum Gasteiger partial charge on any atom is -0.504 e. The van der Waals surface area contributed by atoms with Gasteiger partial charge < -0.3 is 48.1 Å². The maximum absolute atomic E-state index is 12.0. The van der Waals surface area contributed by atoms with E-state index in [2.05, 4.69) is 24.3 Å². The lowest BCUT2D eigenvalue weighted by Gasteiger charge is -2.44. The average molecular weight is 1280 g/mol. The molecule has 98 heavy (non-hydrogen) atoms. The van der Waals surface area contributed by atoms with Crippen molar-refractivity contribution in [1.29, 1.82) is 0 Å². The Morgan fingerprint density at radius 1 is 0.224 bits per heavy atom. The highest BCUT2D eigenvalue weighted by molar-refractivity contribution is 6.17. The van der Waals surface area contributed by atoms with Gasteiger partial charge in [-0.05, 0) is 67.4 Å². The number of aromatic hydroxyl groups is 2. The Morgan fingerprint density at radius 2 is 0.449 bits per heavy atom. The molecule has 4 atom stereocenters. The van der Waals surface area contributed by atoms with Crippen LogP contribution in [0.25, 0.3) is 86.2 Å². The first-order valence-electron chi connectivity index (χ1n) is 32.4. The zero-order valence-corrected chi connectivity index (χ0v) is 52.1. The van der Waals surface area contributed by atoms with Gasteiger partial charge in [0.1, 0.15) is 0 Å². The second-order valence-corrected chi connectivity index (χ2v) is 24.6. The molecule has 0 spiro atoms. The molecular formula is C86H54N2O10. The van der Waals surface area contributed by atoms with Crippen LogP contribution in [0.15, 0.2) is 325 Å². The number of phenols is 2. The van der Waals surface area contributed by atoms with E-state index in [4.69, 9.17) is 47.9 Å². The molecule has 0 radical (unpaired) electrons. The molecule has 16 aromatic carbocycles. The molecule has 20 rings (SSSR count). The number of hydrogen-bond donors (Lipinski definition) is 2. The highest BCUT2D eigenvalue weighted by Crippen LogP contribution is 2.62. The lowest BCUT2D eigenvalue weighted by molar-refractivity contribution is -0.340. The maximum Gasteiger partial charge on any atom is 0.489 e. The molecule has 0 saturated carbocycles. The van der Waals surface area contributed by atoms with Crippen LogP contribution in [0.5, 0.6) is 46.0 Å². The first-order valence-corrected chi connectivity index (χ1v) is 32.4. The molecule has 0 aliphatic carbocycles. The number of aliphatic imine (C=N–C) groups is 2. The SMILES string of the molecule is Oc1c(O[C@@]23OC(c4ccccc4)=N[C@]2(c2ccccc2)Oc2c(c4ccccc4c4ccccc24)O3)c2ccccc2c2ccccc12.Oc1c(O[C@]23OC(c4ccccc4)=N[C@@]2(c2ccccc2)Oc2c(c4ccccc4c4ccccc24)O3)c2ccccc2c2ccccc12. The third-order valence-corrected chi connectivity index (χ3v) is 19.0. The number of phenolic OH excluding ortho intramolecular Hbond substituents is 2. The van der Waals surface area contributed by atoms with E-state index in [0.717, 1.165) is 64.6 Å². The fourth-order valence-corrected chi connectivity index (χ4v) is 14.5. The molecule has 4 heterocycles. The van der Waals surface area contributed by atoms with Crippen LogP contribution in [-0.4, -0.2) is 34.0 Å². The summed E-state index contributed by atoms with van der Waals surface area (Å²) >= 11 is 0. The molecule has 0 fully saturated rings. The van der Waals surface area contributed by atoms with Crippen molar-refractivity contribution < 1.29 is 48.1 Å². The van der Waals surface area contributed by atoms with E-state index in [-0.39, 0.29) is 34.8 Å². The summed E-state index contributed by atoms with van der Waals surface area (Å²) in [6.07, 6.45) is 0. The molecular weight excluding hydrogens is 1220 g/mol. The Hall–Kier alpha value is -13.1. The Bertz CT molecular complexity index is 5650. The molecule has 0 aromatic heterocycles. The van der Waals surface area contributed by atoms with Crippen molar-refractivity contribution in [2.45, 2.75) is 23.4 Å². The summed E-state index contributed by atoms with van der Waals surface area (Å²) in [4.78, 5) is 10.5. The minimum absolute atomic E-state index is 0.0415. The van der Waals surface area contributed by atoms with E-state index in [1.54, 1.807) is 0 Å². The second-order valence-electron chi connectivity index (χ2n) is 24.6. The largest absolute Gasteiger partial charge is 0.504 e. The van der Waals surface area contributed by atoms with Crippen molar-refractivity contribution in [2.24, 2.45) is 9.98 Å². The van der Waals surface area contributed by atoms with Crippen molar-refractivity contribution in [3.63, 3.8) is 0 Å². The van der Waals surface area contributed by atoms with Gasteiger partial charge in [0, 0.05) is 65.3 Å². The zero-order chi connectivity index (χ0) is 65.2. The van der Waals surface area contributed by atoms with Gasteiger partial charge in [-0.15, -0.1) is 0 Å². The van der Waals surface area contributed by atoms with E-state index in [1.165, 1.54) is 0 Å². The number of hydrogen-bond acceptors (Lipinski definition) is 12. The first kappa shape index (κ1) is 56.5. The first-order chi connectivity index (χ1) is 48.3. The van der Waals surface area contributed by atoms with Crippen molar-refractivity contribution in [2.75, 3.05) is 0 Å². The predicted molar refractivity (Wildman–Crippen MR) is 383 cm³/mol. The van der Waals surface area contributed by atoms with Crippen LogP contribution < -0.4 is 28.4 Å². The Labute approximate surface area is 560 Å². The van der Waals surface area contributed by atoms with Crippen LogP contribution in [-0.2, 0) is 20.9 Å². The number of rotatable bonds is 8. The molecule has 12 nitrogen and oxygen atoms in total. The predicted octanol–water partition coefficient (Wildman–Crippen LogP) is 19.7. The van der Waals surface area contributed by atoms with E-state index < -0.39 is 23.4 Å². The smallest absolute Gasteiger partial charge is 0.489 e. The molecule has 0 unspecified atom stereocenters. The monoisotopic (exact) mass is 1270 g/mol. The number of fused-ring (bicyclic) bond motifs is 20. The highest BCUT2D eigenvalue weighted by Gasteiger charge is 2.73. The summed E-state index contributed by atoms with van der Waals surface area (Å²) in [6.45, 7) is 0. The average Bonchev–Trinajstić information content (AvgIpc) is 1.05. The number of nitrogens with zero attached hydrogens (tertiary/aromatic N) is 2. The van der Waals surface area contributed by atoms with Crippen LogP contribution in [0.3, 0.4) is 0 Å².